The maximum atomic E-state index is 9.01. The van der Waals surface area contributed by atoms with E-state index >= 15 is 0 Å². The van der Waals surface area contributed by atoms with Gasteiger partial charge in [0.25, 0.3) is 0 Å². The summed E-state index contributed by atoms with van der Waals surface area (Å²) >= 11 is 16.2. The molecule has 2 aromatic carbocycles. The number of rotatable bonds is 20. The molecule has 0 unspecified atom stereocenters. The van der Waals surface area contributed by atoms with Crippen molar-refractivity contribution in [2.24, 2.45) is 11.0 Å². The summed E-state index contributed by atoms with van der Waals surface area (Å²) in [7, 11) is 3.14. The molecule has 258 valence electrons. The molecule has 0 atom stereocenters. The SMILES string of the molecule is COc1nc(OCc2cccc(-c3cccc(COc4ccc(CNCCSN(N)O)c(OC)n4)c3Cl)c2Cl)ccc1CNCCSN. The summed E-state index contributed by atoms with van der Waals surface area (Å²) in [6.45, 7) is 2.91. The predicted molar refractivity (Wildman–Crippen MR) is 192 cm³/mol. The van der Waals surface area contributed by atoms with Crippen LogP contribution >= 0.6 is 47.1 Å². The standard InChI is InChI=1S/C32H39Cl2N7O5S2/c1-43-31-21(17-37-13-15-47-36)9-11-27(39-31)45-19-23-5-3-7-25(29(23)33)26-8-4-6-24(30(26)34)20-46-28-12-10-22(32(40-28)44-2)18-38-14-16-48-41(35)42/h3-12,37-38,42H,13-20,35-36H2,1-2H3. The Morgan fingerprint density at radius 2 is 1.21 bits per heavy atom. The van der Waals surface area contributed by atoms with Crippen LogP contribution in [0.15, 0.2) is 60.7 Å². The Bertz CT molecular complexity index is 1620. The van der Waals surface area contributed by atoms with Crippen LogP contribution in [0.4, 0.5) is 0 Å². The average Bonchev–Trinajstić information content (AvgIpc) is 3.09. The summed E-state index contributed by atoms with van der Waals surface area (Å²) in [5, 5.41) is 22.1. The van der Waals surface area contributed by atoms with Gasteiger partial charge in [-0.05, 0) is 24.1 Å². The van der Waals surface area contributed by atoms with Crippen LogP contribution in [0.3, 0.4) is 0 Å². The molecule has 7 N–H and O–H groups in total. The zero-order chi connectivity index (χ0) is 34.3. The van der Waals surface area contributed by atoms with Crippen LogP contribution in [0.1, 0.15) is 22.3 Å². The smallest absolute Gasteiger partial charge is 0.220 e. The van der Waals surface area contributed by atoms with Crippen molar-refractivity contribution in [1.29, 1.82) is 0 Å². The Kier molecular flexibility index (Phi) is 15.6. The van der Waals surface area contributed by atoms with Crippen molar-refractivity contribution in [2.45, 2.75) is 26.3 Å². The molecule has 0 spiro atoms. The summed E-state index contributed by atoms with van der Waals surface area (Å²) in [6.07, 6.45) is 0. The maximum absolute atomic E-state index is 9.01. The third-order valence-electron chi connectivity index (χ3n) is 6.94. The number of halogens is 2. The summed E-state index contributed by atoms with van der Waals surface area (Å²) in [6, 6.07) is 18.8. The number of nitrogens with two attached hydrogens (primary N) is 2. The first-order valence-corrected chi connectivity index (χ1v) is 17.6. The Balaban J connectivity index is 1.40. The van der Waals surface area contributed by atoms with Crippen LogP contribution in [-0.2, 0) is 26.3 Å². The normalized spacial score (nSPS) is 11.2. The highest BCUT2D eigenvalue weighted by molar-refractivity contribution is 7.97. The van der Waals surface area contributed by atoms with Crippen molar-refractivity contribution in [2.75, 3.05) is 38.8 Å². The minimum Gasteiger partial charge on any atom is -0.481 e. The number of nitrogens with one attached hydrogen (secondary N) is 2. The van der Waals surface area contributed by atoms with Gasteiger partial charge in [-0.2, -0.15) is 9.97 Å². The van der Waals surface area contributed by atoms with E-state index in [9.17, 15) is 0 Å². The third kappa shape index (κ3) is 11.0. The fourth-order valence-corrected chi connectivity index (χ4v) is 5.83. The largest absolute Gasteiger partial charge is 0.481 e. The topological polar surface area (TPSA) is 162 Å². The molecule has 0 saturated carbocycles. The molecule has 2 aromatic heterocycles. The molecule has 0 bridgehead atoms. The highest BCUT2D eigenvalue weighted by Gasteiger charge is 2.16. The molecular weight excluding hydrogens is 697 g/mol. The van der Waals surface area contributed by atoms with E-state index < -0.39 is 0 Å². The highest BCUT2D eigenvalue weighted by Crippen LogP contribution is 2.37. The van der Waals surface area contributed by atoms with Crippen LogP contribution in [-0.4, -0.2) is 58.6 Å². The Morgan fingerprint density at radius 1 is 0.729 bits per heavy atom. The van der Waals surface area contributed by atoms with E-state index in [2.05, 4.69) is 20.6 Å². The monoisotopic (exact) mass is 735 g/mol. The fraction of sp³-hybridized carbons (Fsp3) is 0.312. The molecule has 0 saturated heterocycles. The van der Waals surface area contributed by atoms with Gasteiger partial charge in [0.05, 0.1) is 24.3 Å². The number of hydrogen-bond donors (Lipinski definition) is 5. The van der Waals surface area contributed by atoms with Gasteiger partial charge in [-0.15, -0.1) is 0 Å². The van der Waals surface area contributed by atoms with Gasteiger partial charge in [0.2, 0.25) is 23.5 Å². The van der Waals surface area contributed by atoms with E-state index in [0.29, 0.717) is 63.5 Å². The minimum absolute atomic E-state index is 0.180. The Hall–Kier alpha value is -3.02. The van der Waals surface area contributed by atoms with Crippen molar-refractivity contribution < 1.29 is 24.2 Å². The molecule has 4 aromatic rings. The average molecular weight is 737 g/mol. The van der Waals surface area contributed by atoms with Gasteiger partial charge in [0.15, 0.2) is 0 Å². The van der Waals surface area contributed by atoms with E-state index in [1.54, 1.807) is 26.4 Å². The molecule has 0 aliphatic carbocycles. The van der Waals surface area contributed by atoms with E-state index in [-0.39, 0.29) is 13.2 Å². The van der Waals surface area contributed by atoms with E-state index in [1.807, 2.05) is 48.5 Å². The van der Waals surface area contributed by atoms with Crippen LogP contribution in [0.5, 0.6) is 23.5 Å². The number of benzene rings is 2. The number of nitrogens with zero attached hydrogens (tertiary/aromatic N) is 3. The second-order valence-corrected chi connectivity index (χ2v) is 12.7. The summed E-state index contributed by atoms with van der Waals surface area (Å²) in [5.41, 5.74) is 4.84. The Labute approximate surface area is 299 Å². The van der Waals surface area contributed by atoms with Gasteiger partial charge in [0, 0.05) is 83.2 Å². The molecule has 0 aliphatic heterocycles. The van der Waals surface area contributed by atoms with Crippen LogP contribution < -0.4 is 40.6 Å². The minimum atomic E-state index is 0.180. The fourth-order valence-electron chi connectivity index (χ4n) is 4.58. The van der Waals surface area contributed by atoms with Crippen LogP contribution in [0, 0.1) is 0 Å². The number of methoxy groups -OCH3 is 2. The van der Waals surface area contributed by atoms with Crippen molar-refractivity contribution in [1.82, 2.24) is 25.2 Å². The van der Waals surface area contributed by atoms with E-state index in [1.165, 1.54) is 11.9 Å². The van der Waals surface area contributed by atoms with E-state index in [4.69, 9.17) is 58.3 Å². The van der Waals surface area contributed by atoms with Gasteiger partial charge < -0.3 is 29.6 Å². The molecule has 2 heterocycles. The van der Waals surface area contributed by atoms with Crippen molar-refractivity contribution >= 4 is 47.1 Å². The summed E-state index contributed by atoms with van der Waals surface area (Å²) in [4.78, 5) is 9.00. The predicted octanol–water partition coefficient (Wildman–Crippen LogP) is 5.62. The second-order valence-electron chi connectivity index (χ2n) is 10.1. The molecule has 16 heteroatoms. The van der Waals surface area contributed by atoms with E-state index in [0.717, 1.165) is 57.6 Å². The highest BCUT2D eigenvalue weighted by atomic mass is 35.5. The van der Waals surface area contributed by atoms with Crippen LogP contribution in [0.2, 0.25) is 10.0 Å². The molecule has 0 aliphatic rings. The van der Waals surface area contributed by atoms with Gasteiger partial charge >= 0.3 is 0 Å². The van der Waals surface area contributed by atoms with Gasteiger partial charge in [0.1, 0.15) is 13.2 Å². The van der Waals surface area contributed by atoms with Gasteiger partial charge in [-0.1, -0.05) is 76.1 Å². The Morgan fingerprint density at radius 3 is 1.65 bits per heavy atom. The van der Waals surface area contributed by atoms with Crippen molar-refractivity contribution in [3.8, 4) is 34.6 Å². The molecule has 4 rings (SSSR count). The molecule has 0 fully saturated rings. The molecule has 48 heavy (non-hydrogen) atoms. The number of hydrazine groups is 1. The number of pyridine rings is 2. The lowest BCUT2D eigenvalue weighted by Crippen LogP contribution is -2.23. The number of aromatic nitrogens is 2. The lowest BCUT2D eigenvalue weighted by atomic mass is 10.0. The van der Waals surface area contributed by atoms with Crippen LogP contribution in [0.25, 0.3) is 11.1 Å². The molecule has 0 amide bonds. The number of hydrogen-bond acceptors (Lipinski definition) is 14. The lowest BCUT2D eigenvalue weighted by molar-refractivity contribution is 0.0164. The zero-order valence-corrected chi connectivity index (χ0v) is 29.7. The first-order chi connectivity index (χ1) is 23.3. The third-order valence-corrected chi connectivity index (χ3v) is 8.93. The molecule has 12 nitrogen and oxygen atoms in total. The second kappa shape index (κ2) is 19.8. The van der Waals surface area contributed by atoms with Gasteiger partial charge in [-0.25, -0.2) is 5.84 Å². The maximum Gasteiger partial charge on any atom is 0.220 e. The summed E-state index contributed by atoms with van der Waals surface area (Å²) in [5.74, 6) is 8.34. The molecule has 0 radical (unpaired) electrons. The molecular formula is C32H39Cl2N7O5S2. The lowest BCUT2D eigenvalue weighted by Gasteiger charge is -2.15. The van der Waals surface area contributed by atoms with Crippen molar-refractivity contribution in [3.05, 3.63) is 93.0 Å². The quantitative estimate of drug-likeness (QED) is 0.0329. The number of ether oxygens (including phenoxy) is 4. The zero-order valence-electron chi connectivity index (χ0n) is 26.6. The summed E-state index contributed by atoms with van der Waals surface area (Å²) < 4.78 is 23.5. The van der Waals surface area contributed by atoms with Crippen molar-refractivity contribution in [3.63, 3.8) is 0 Å². The van der Waals surface area contributed by atoms with Gasteiger partial charge in [-0.3, -0.25) is 10.3 Å². The first-order valence-electron chi connectivity index (χ1n) is 14.8. The first kappa shape index (κ1) is 37.8.